The number of carbonyl (C=O) groups excluding carboxylic acids is 1. The summed E-state index contributed by atoms with van der Waals surface area (Å²) in [5.41, 5.74) is -0.303. The molecule has 1 aromatic heterocycles. The molecule has 1 aromatic rings. The van der Waals surface area contributed by atoms with Crippen molar-refractivity contribution in [3.8, 4) is 5.88 Å². The van der Waals surface area contributed by atoms with E-state index in [0.29, 0.717) is 25.4 Å². The topological polar surface area (TPSA) is 119 Å². The van der Waals surface area contributed by atoms with Crippen molar-refractivity contribution in [1.29, 1.82) is 0 Å². The highest BCUT2D eigenvalue weighted by atomic mass is 16.6. The number of nitrogens with zero attached hydrogens (tertiary/aromatic N) is 3. The van der Waals surface area contributed by atoms with Crippen LogP contribution in [0.3, 0.4) is 0 Å². The third-order valence-corrected chi connectivity index (χ3v) is 2.98. The zero-order valence-corrected chi connectivity index (χ0v) is 11.7. The highest BCUT2D eigenvalue weighted by Gasteiger charge is 2.24. The lowest BCUT2D eigenvalue weighted by molar-refractivity contribution is -0.385. The van der Waals surface area contributed by atoms with Crippen molar-refractivity contribution in [3.05, 3.63) is 16.4 Å². The monoisotopic (exact) mass is 295 g/mol. The van der Waals surface area contributed by atoms with Crippen molar-refractivity contribution in [2.45, 2.75) is 31.7 Å². The van der Waals surface area contributed by atoms with Gasteiger partial charge in [-0.15, -0.1) is 0 Å². The van der Waals surface area contributed by atoms with Gasteiger partial charge in [0.2, 0.25) is 11.7 Å². The molecule has 0 unspecified atom stereocenters. The van der Waals surface area contributed by atoms with Crippen LogP contribution in [-0.4, -0.2) is 40.5 Å². The summed E-state index contributed by atoms with van der Waals surface area (Å²) >= 11 is 0. The maximum Gasteiger partial charge on any atom is 0.372 e. The minimum atomic E-state index is -0.596. The molecule has 0 spiro atoms. The van der Waals surface area contributed by atoms with E-state index in [9.17, 15) is 14.9 Å². The van der Waals surface area contributed by atoms with Gasteiger partial charge in [-0.25, -0.2) is 4.98 Å². The van der Waals surface area contributed by atoms with Gasteiger partial charge in [-0.1, -0.05) is 0 Å². The summed E-state index contributed by atoms with van der Waals surface area (Å²) in [5.74, 6) is 0.00694. The molecule has 0 atom stereocenters. The summed E-state index contributed by atoms with van der Waals surface area (Å²) in [7, 11) is 1.31. The van der Waals surface area contributed by atoms with Crippen LogP contribution in [0.4, 0.5) is 11.5 Å². The average molecular weight is 295 g/mol. The molecule has 9 nitrogen and oxygen atoms in total. The summed E-state index contributed by atoms with van der Waals surface area (Å²) in [5, 5.41) is 16.7. The number of methoxy groups -OCH3 is 1. The molecule has 21 heavy (non-hydrogen) atoms. The number of nitro groups is 1. The lowest BCUT2D eigenvalue weighted by atomic mass is 10.3. The van der Waals surface area contributed by atoms with Crippen molar-refractivity contribution >= 4 is 17.4 Å². The number of aromatic nitrogens is 2. The lowest BCUT2D eigenvalue weighted by Crippen LogP contribution is -2.25. The SMILES string of the molecule is COc1ncnc(NCCCC(=O)NC2CC2)c1[N+](=O)[O-]. The van der Waals surface area contributed by atoms with Gasteiger partial charge in [0.25, 0.3) is 5.88 Å². The Hall–Kier alpha value is -2.45. The summed E-state index contributed by atoms with van der Waals surface area (Å²) in [6, 6.07) is 0.345. The fraction of sp³-hybridized carbons (Fsp3) is 0.583. The van der Waals surface area contributed by atoms with Crippen molar-refractivity contribution < 1.29 is 14.5 Å². The van der Waals surface area contributed by atoms with Gasteiger partial charge in [-0.3, -0.25) is 14.9 Å². The van der Waals surface area contributed by atoms with E-state index in [2.05, 4.69) is 20.6 Å². The second kappa shape index (κ2) is 6.82. The number of anilines is 1. The first-order valence-corrected chi connectivity index (χ1v) is 6.68. The van der Waals surface area contributed by atoms with Crippen LogP contribution in [0.1, 0.15) is 25.7 Å². The number of hydrogen-bond donors (Lipinski definition) is 2. The second-order valence-electron chi connectivity index (χ2n) is 4.71. The molecule has 1 aliphatic carbocycles. The standard InChI is InChI=1S/C12H17N5O4/c1-21-12-10(17(19)20)11(14-7-15-12)13-6-2-3-9(18)16-8-4-5-8/h7-8H,2-6H2,1H3,(H,16,18)(H,13,14,15). The van der Waals surface area contributed by atoms with Crippen LogP contribution in [-0.2, 0) is 4.79 Å². The second-order valence-corrected chi connectivity index (χ2v) is 4.71. The Morgan fingerprint density at radius 1 is 1.52 bits per heavy atom. The van der Waals surface area contributed by atoms with Gasteiger partial charge in [-0.2, -0.15) is 4.98 Å². The summed E-state index contributed by atoms with van der Waals surface area (Å²) < 4.78 is 4.85. The molecule has 9 heteroatoms. The molecule has 114 valence electrons. The van der Waals surface area contributed by atoms with Crippen molar-refractivity contribution in [3.63, 3.8) is 0 Å². The van der Waals surface area contributed by atoms with Crippen LogP contribution in [0.15, 0.2) is 6.33 Å². The summed E-state index contributed by atoms with van der Waals surface area (Å²) in [6.07, 6.45) is 4.23. The Labute approximate surface area is 121 Å². The molecule has 1 heterocycles. The van der Waals surface area contributed by atoms with E-state index in [1.807, 2.05) is 0 Å². The van der Waals surface area contributed by atoms with Gasteiger partial charge >= 0.3 is 5.69 Å². The van der Waals surface area contributed by atoms with Gasteiger partial charge in [0, 0.05) is 19.0 Å². The third kappa shape index (κ3) is 4.26. The number of ether oxygens (including phenoxy) is 1. The zero-order chi connectivity index (χ0) is 15.2. The number of amides is 1. The van der Waals surface area contributed by atoms with E-state index < -0.39 is 4.92 Å². The largest absolute Gasteiger partial charge is 0.476 e. The Balaban J connectivity index is 1.84. The fourth-order valence-corrected chi connectivity index (χ4v) is 1.79. The minimum absolute atomic E-state index is 0.00840. The predicted molar refractivity (Wildman–Crippen MR) is 74.1 cm³/mol. The van der Waals surface area contributed by atoms with Gasteiger partial charge in [0.05, 0.1) is 12.0 Å². The smallest absolute Gasteiger partial charge is 0.372 e. The maximum absolute atomic E-state index is 11.5. The molecule has 2 rings (SSSR count). The molecule has 0 saturated heterocycles. The Kier molecular flexibility index (Phi) is 4.85. The van der Waals surface area contributed by atoms with Crippen LogP contribution >= 0.6 is 0 Å². The zero-order valence-electron chi connectivity index (χ0n) is 11.7. The molecule has 2 N–H and O–H groups in total. The maximum atomic E-state index is 11.5. The summed E-state index contributed by atoms with van der Waals surface area (Å²) in [4.78, 5) is 29.4. The van der Waals surface area contributed by atoms with Crippen LogP contribution in [0.2, 0.25) is 0 Å². The van der Waals surface area contributed by atoms with Crippen molar-refractivity contribution in [2.75, 3.05) is 19.0 Å². The number of hydrogen-bond acceptors (Lipinski definition) is 7. The van der Waals surface area contributed by atoms with Crippen LogP contribution in [0.25, 0.3) is 0 Å². The molecule has 0 radical (unpaired) electrons. The Bertz CT molecular complexity index is 532. The van der Waals surface area contributed by atoms with Crippen LogP contribution < -0.4 is 15.4 Å². The molecule has 1 amide bonds. The highest BCUT2D eigenvalue weighted by molar-refractivity contribution is 5.76. The van der Waals surface area contributed by atoms with Crippen molar-refractivity contribution in [1.82, 2.24) is 15.3 Å². The van der Waals surface area contributed by atoms with Gasteiger partial charge in [-0.05, 0) is 19.3 Å². The minimum Gasteiger partial charge on any atom is -0.476 e. The van der Waals surface area contributed by atoms with E-state index in [-0.39, 0.29) is 23.3 Å². The quantitative estimate of drug-likeness (QED) is 0.414. The first-order valence-electron chi connectivity index (χ1n) is 6.68. The Morgan fingerprint density at radius 2 is 2.29 bits per heavy atom. The van der Waals surface area contributed by atoms with E-state index in [1.165, 1.54) is 13.4 Å². The normalized spacial score (nSPS) is 13.6. The van der Waals surface area contributed by atoms with E-state index in [0.717, 1.165) is 12.8 Å². The average Bonchev–Trinajstić information content (AvgIpc) is 3.26. The Morgan fingerprint density at radius 3 is 2.90 bits per heavy atom. The molecular formula is C12H17N5O4. The van der Waals surface area contributed by atoms with E-state index >= 15 is 0 Å². The number of rotatable bonds is 8. The molecular weight excluding hydrogens is 278 g/mol. The summed E-state index contributed by atoms with van der Waals surface area (Å²) in [6.45, 7) is 0.402. The van der Waals surface area contributed by atoms with Gasteiger partial charge in [0.15, 0.2) is 0 Å². The van der Waals surface area contributed by atoms with E-state index in [4.69, 9.17) is 4.74 Å². The molecule has 1 saturated carbocycles. The first-order chi connectivity index (χ1) is 10.1. The predicted octanol–water partition coefficient (Wildman–Crippen LogP) is 0.864. The fourth-order valence-electron chi connectivity index (χ4n) is 1.79. The third-order valence-electron chi connectivity index (χ3n) is 2.98. The van der Waals surface area contributed by atoms with Crippen LogP contribution in [0, 0.1) is 10.1 Å². The van der Waals surface area contributed by atoms with Crippen molar-refractivity contribution in [2.24, 2.45) is 0 Å². The molecule has 1 fully saturated rings. The van der Waals surface area contributed by atoms with Crippen LogP contribution in [0.5, 0.6) is 5.88 Å². The van der Waals surface area contributed by atoms with Gasteiger partial charge < -0.3 is 15.4 Å². The number of carbonyl (C=O) groups is 1. The first kappa shape index (κ1) is 14.9. The van der Waals surface area contributed by atoms with E-state index in [1.54, 1.807) is 0 Å². The van der Waals surface area contributed by atoms with Gasteiger partial charge in [0.1, 0.15) is 6.33 Å². The molecule has 0 aliphatic heterocycles. The molecule has 1 aliphatic rings. The highest BCUT2D eigenvalue weighted by Crippen LogP contribution is 2.30. The molecule has 0 bridgehead atoms. The lowest BCUT2D eigenvalue weighted by Gasteiger charge is -2.07. The molecule has 0 aromatic carbocycles. The number of nitrogens with one attached hydrogen (secondary N) is 2.